The lowest BCUT2D eigenvalue weighted by atomic mass is 10.0. The van der Waals surface area contributed by atoms with Crippen LogP contribution in [0.4, 0.5) is 5.69 Å². The van der Waals surface area contributed by atoms with Crippen molar-refractivity contribution in [2.45, 2.75) is 26.6 Å². The maximum Gasteiger partial charge on any atom is 0.272 e. The molecule has 1 aromatic carbocycles. The Balaban J connectivity index is 2.44. The summed E-state index contributed by atoms with van der Waals surface area (Å²) in [4.78, 5) is 18.9. The number of nitrogens with zero attached hydrogens (tertiary/aromatic N) is 2. The van der Waals surface area contributed by atoms with Gasteiger partial charge in [0.1, 0.15) is 5.65 Å². The molecule has 25 heavy (non-hydrogen) atoms. The fraction of sp³-hybridized carbons (Fsp3) is 0.235. The molecule has 2 aromatic heterocycles. The van der Waals surface area contributed by atoms with Crippen LogP contribution in [0, 0.1) is 17.0 Å². The van der Waals surface area contributed by atoms with Crippen LogP contribution >= 0.6 is 27.5 Å². The van der Waals surface area contributed by atoms with Crippen LogP contribution in [0.3, 0.4) is 0 Å². The molecule has 2 heterocycles. The van der Waals surface area contributed by atoms with E-state index in [-0.39, 0.29) is 10.6 Å². The van der Waals surface area contributed by atoms with Crippen LogP contribution in [0.25, 0.3) is 22.2 Å². The Morgan fingerprint density at radius 3 is 2.60 bits per heavy atom. The predicted octanol–water partition coefficient (Wildman–Crippen LogP) is 5.41. The van der Waals surface area contributed by atoms with Crippen molar-refractivity contribution in [1.82, 2.24) is 9.97 Å². The first-order valence-electron chi connectivity index (χ1n) is 7.73. The second kappa shape index (κ2) is 6.23. The van der Waals surface area contributed by atoms with Gasteiger partial charge in [-0.2, -0.15) is 0 Å². The van der Waals surface area contributed by atoms with Gasteiger partial charge in [0.15, 0.2) is 0 Å². The van der Waals surface area contributed by atoms with E-state index in [1.165, 1.54) is 0 Å². The van der Waals surface area contributed by atoms with E-state index in [0.29, 0.717) is 20.7 Å². The van der Waals surface area contributed by atoms with Crippen LogP contribution in [0.2, 0.25) is 24.7 Å². The second-order valence-electron chi connectivity index (χ2n) is 7.03. The molecular formula is C17H17BrClN3O2Si. The third-order valence-corrected chi connectivity index (χ3v) is 7.26. The number of aromatic nitrogens is 2. The van der Waals surface area contributed by atoms with Crippen molar-refractivity contribution < 1.29 is 4.92 Å². The molecule has 0 unspecified atom stereocenters. The molecule has 0 aliphatic heterocycles. The van der Waals surface area contributed by atoms with Crippen molar-refractivity contribution in [3.8, 4) is 11.1 Å². The van der Waals surface area contributed by atoms with E-state index >= 15 is 0 Å². The molecule has 0 aliphatic rings. The molecule has 3 aromatic rings. The smallest absolute Gasteiger partial charge is 0.272 e. The first kappa shape index (κ1) is 18.1. The van der Waals surface area contributed by atoms with Gasteiger partial charge < -0.3 is 4.98 Å². The van der Waals surface area contributed by atoms with E-state index < -0.39 is 8.07 Å². The van der Waals surface area contributed by atoms with Gasteiger partial charge in [0.2, 0.25) is 0 Å². The number of hydrogen-bond acceptors (Lipinski definition) is 3. The second-order valence-corrected chi connectivity index (χ2v) is 13.3. The summed E-state index contributed by atoms with van der Waals surface area (Å²) >= 11 is 9.98. The van der Waals surface area contributed by atoms with Crippen molar-refractivity contribution in [3.05, 3.63) is 49.6 Å². The Morgan fingerprint density at radius 2 is 2.00 bits per heavy atom. The van der Waals surface area contributed by atoms with Gasteiger partial charge in [-0.05, 0) is 28.4 Å². The monoisotopic (exact) mass is 437 g/mol. The highest BCUT2D eigenvalue weighted by Crippen LogP contribution is 2.38. The Kier molecular flexibility index (Phi) is 4.51. The number of H-pyrrole nitrogens is 1. The van der Waals surface area contributed by atoms with E-state index in [9.17, 15) is 10.1 Å². The first-order valence-corrected chi connectivity index (χ1v) is 12.4. The summed E-state index contributed by atoms with van der Waals surface area (Å²) in [6.45, 7) is 8.38. The number of rotatable bonds is 3. The van der Waals surface area contributed by atoms with Crippen molar-refractivity contribution in [2.75, 3.05) is 0 Å². The predicted molar refractivity (Wildman–Crippen MR) is 109 cm³/mol. The molecule has 0 amide bonds. The third-order valence-electron chi connectivity index (χ3n) is 4.16. The van der Waals surface area contributed by atoms with Crippen LogP contribution in [0.1, 0.15) is 5.56 Å². The highest BCUT2D eigenvalue weighted by molar-refractivity contribution is 9.10. The fourth-order valence-corrected chi connectivity index (χ4v) is 4.95. The quantitative estimate of drug-likeness (QED) is 0.338. The standard InChI is InChI=1S/C17H17BrClN3O2Si/c1-9-5-6-10(7-12(9)22(23)24)13-14-15(19)11(18)8-20-16(14)21-17(13)25(2,3)4/h5-8H,1-4H3,(H,20,21). The summed E-state index contributed by atoms with van der Waals surface area (Å²) in [6.07, 6.45) is 1.66. The zero-order valence-electron chi connectivity index (χ0n) is 14.3. The van der Waals surface area contributed by atoms with E-state index in [1.54, 1.807) is 25.3 Å². The van der Waals surface area contributed by atoms with E-state index in [2.05, 4.69) is 45.5 Å². The SMILES string of the molecule is Cc1ccc(-c2c([Si](C)(C)C)[nH]c3ncc(Br)c(Cl)c23)cc1[N+](=O)[O-]. The molecule has 0 atom stereocenters. The maximum atomic E-state index is 11.4. The lowest BCUT2D eigenvalue weighted by Crippen LogP contribution is -2.39. The summed E-state index contributed by atoms with van der Waals surface area (Å²) in [6, 6.07) is 5.31. The van der Waals surface area contributed by atoms with Crippen LogP contribution in [-0.4, -0.2) is 23.0 Å². The molecule has 0 aliphatic carbocycles. The normalized spacial score (nSPS) is 11.9. The number of benzene rings is 1. The molecule has 8 heteroatoms. The Morgan fingerprint density at radius 1 is 1.32 bits per heavy atom. The molecular weight excluding hydrogens is 422 g/mol. The molecule has 1 N–H and O–H groups in total. The van der Waals surface area contributed by atoms with Gasteiger partial charge in [-0.25, -0.2) is 4.98 Å². The summed E-state index contributed by atoms with van der Waals surface area (Å²) in [5.74, 6) is 0. The number of aromatic amines is 1. The van der Waals surface area contributed by atoms with Gasteiger partial charge in [-0.15, -0.1) is 0 Å². The lowest BCUT2D eigenvalue weighted by molar-refractivity contribution is -0.385. The van der Waals surface area contributed by atoms with Gasteiger partial charge in [0, 0.05) is 34.1 Å². The van der Waals surface area contributed by atoms with Gasteiger partial charge in [0.05, 0.1) is 22.5 Å². The minimum atomic E-state index is -1.78. The minimum Gasteiger partial charge on any atom is -0.347 e. The molecule has 0 fully saturated rings. The average Bonchev–Trinajstić information content (AvgIpc) is 2.91. The van der Waals surface area contributed by atoms with E-state index in [0.717, 1.165) is 21.8 Å². The number of pyridine rings is 1. The summed E-state index contributed by atoms with van der Waals surface area (Å²) in [5.41, 5.74) is 3.13. The van der Waals surface area contributed by atoms with Crippen LogP contribution in [0.5, 0.6) is 0 Å². The van der Waals surface area contributed by atoms with Gasteiger partial charge in [-0.1, -0.05) is 43.4 Å². The van der Waals surface area contributed by atoms with Gasteiger partial charge in [-0.3, -0.25) is 10.1 Å². The summed E-state index contributed by atoms with van der Waals surface area (Å²) in [7, 11) is -1.78. The number of nitrogens with one attached hydrogen (secondary N) is 1. The van der Waals surface area contributed by atoms with E-state index in [4.69, 9.17) is 11.6 Å². The average molecular weight is 439 g/mol. The number of halogens is 2. The topological polar surface area (TPSA) is 71.8 Å². The molecule has 5 nitrogen and oxygen atoms in total. The Bertz CT molecular complexity index is 1010. The highest BCUT2D eigenvalue weighted by Gasteiger charge is 2.28. The fourth-order valence-electron chi connectivity index (χ4n) is 2.91. The van der Waals surface area contributed by atoms with Crippen LogP contribution < -0.4 is 5.32 Å². The number of nitro benzene ring substituents is 1. The van der Waals surface area contributed by atoms with Crippen molar-refractivity contribution in [2.24, 2.45) is 0 Å². The Hall–Kier alpha value is -1.70. The molecule has 0 radical (unpaired) electrons. The number of hydrogen-bond donors (Lipinski definition) is 1. The zero-order valence-corrected chi connectivity index (χ0v) is 17.6. The highest BCUT2D eigenvalue weighted by atomic mass is 79.9. The molecule has 3 rings (SSSR count). The van der Waals surface area contributed by atoms with Crippen LogP contribution in [0.15, 0.2) is 28.9 Å². The number of nitro groups is 1. The first-order chi connectivity index (χ1) is 11.6. The van der Waals surface area contributed by atoms with Crippen molar-refractivity contribution >= 4 is 57.6 Å². The Labute approximate surface area is 159 Å². The molecule has 0 saturated carbocycles. The maximum absolute atomic E-state index is 11.4. The molecule has 0 spiro atoms. The number of aryl methyl sites for hydroxylation is 1. The van der Waals surface area contributed by atoms with Crippen molar-refractivity contribution in [1.29, 1.82) is 0 Å². The van der Waals surface area contributed by atoms with Crippen molar-refractivity contribution in [3.63, 3.8) is 0 Å². The molecule has 0 bridgehead atoms. The lowest BCUT2D eigenvalue weighted by Gasteiger charge is -2.17. The minimum absolute atomic E-state index is 0.104. The molecule has 0 saturated heterocycles. The van der Waals surface area contributed by atoms with Crippen LogP contribution in [-0.2, 0) is 0 Å². The largest absolute Gasteiger partial charge is 0.347 e. The molecule has 130 valence electrons. The number of fused-ring (bicyclic) bond motifs is 1. The van der Waals surface area contributed by atoms with Gasteiger partial charge >= 0.3 is 0 Å². The summed E-state index contributed by atoms with van der Waals surface area (Å²) < 4.78 is 0.700. The summed E-state index contributed by atoms with van der Waals surface area (Å²) in [5, 5.41) is 13.8. The van der Waals surface area contributed by atoms with Gasteiger partial charge in [0.25, 0.3) is 5.69 Å². The zero-order chi connectivity index (χ0) is 18.5. The van der Waals surface area contributed by atoms with E-state index in [1.807, 2.05) is 6.07 Å². The third kappa shape index (κ3) is 3.12.